The SMILES string of the molecule is O=C1c2ccccc2-c2ccc(N(c3ccccc3)c3ccc4c5ccccc5n(-c5ccccc5)c4c3)cc21. The van der Waals surface area contributed by atoms with E-state index in [1.807, 2.05) is 42.5 Å². The summed E-state index contributed by atoms with van der Waals surface area (Å²) in [5.41, 5.74) is 9.97. The number of benzene rings is 6. The van der Waals surface area contributed by atoms with Gasteiger partial charge in [-0.2, -0.15) is 0 Å². The number of rotatable bonds is 4. The zero-order chi connectivity index (χ0) is 26.6. The van der Waals surface area contributed by atoms with Crippen molar-refractivity contribution in [2.45, 2.75) is 0 Å². The van der Waals surface area contributed by atoms with Crippen LogP contribution in [0.2, 0.25) is 0 Å². The molecule has 8 rings (SSSR count). The number of aromatic nitrogens is 1. The van der Waals surface area contributed by atoms with Crippen LogP contribution in [-0.4, -0.2) is 10.4 Å². The van der Waals surface area contributed by atoms with E-state index in [0.29, 0.717) is 0 Å². The average Bonchev–Trinajstić information content (AvgIpc) is 3.50. The van der Waals surface area contributed by atoms with Crippen molar-refractivity contribution in [1.29, 1.82) is 0 Å². The maximum Gasteiger partial charge on any atom is 0.194 e. The fourth-order valence-electron chi connectivity index (χ4n) is 6.13. The van der Waals surface area contributed by atoms with E-state index in [2.05, 4.69) is 113 Å². The molecule has 7 aromatic rings. The van der Waals surface area contributed by atoms with Crippen LogP contribution >= 0.6 is 0 Å². The van der Waals surface area contributed by atoms with Crippen molar-refractivity contribution >= 4 is 44.7 Å². The van der Waals surface area contributed by atoms with Crippen LogP contribution in [0.25, 0.3) is 38.6 Å². The van der Waals surface area contributed by atoms with Gasteiger partial charge in [0.15, 0.2) is 5.78 Å². The molecule has 0 atom stereocenters. The molecule has 6 aromatic carbocycles. The molecule has 0 unspecified atom stereocenters. The highest BCUT2D eigenvalue weighted by Gasteiger charge is 2.27. The quantitative estimate of drug-likeness (QED) is 0.235. The molecule has 3 nitrogen and oxygen atoms in total. The largest absolute Gasteiger partial charge is 0.310 e. The standard InChI is InChI=1S/C37H24N2O/c40-37-33-17-8-7-15-29(33)30-21-19-27(23-34(30)37)38(25-11-3-1-4-12-25)28-20-22-32-31-16-9-10-18-35(31)39(36(32)24-28)26-13-5-2-6-14-26/h1-24H. The number of carbonyl (C=O) groups excluding carboxylic acids is 1. The van der Waals surface area contributed by atoms with Crippen LogP contribution in [0.3, 0.4) is 0 Å². The molecule has 188 valence electrons. The normalized spacial score (nSPS) is 12.1. The van der Waals surface area contributed by atoms with Crippen LogP contribution in [0.4, 0.5) is 17.1 Å². The second-order valence-electron chi connectivity index (χ2n) is 10.2. The van der Waals surface area contributed by atoms with Crippen molar-refractivity contribution in [1.82, 2.24) is 4.57 Å². The van der Waals surface area contributed by atoms with E-state index in [1.54, 1.807) is 0 Å². The molecule has 1 heterocycles. The summed E-state index contributed by atoms with van der Waals surface area (Å²) in [6.07, 6.45) is 0. The summed E-state index contributed by atoms with van der Waals surface area (Å²) in [6.45, 7) is 0. The van der Waals surface area contributed by atoms with Gasteiger partial charge in [-0.05, 0) is 65.7 Å². The molecular formula is C37H24N2O. The highest BCUT2D eigenvalue weighted by molar-refractivity contribution is 6.22. The zero-order valence-electron chi connectivity index (χ0n) is 21.7. The summed E-state index contributed by atoms with van der Waals surface area (Å²) < 4.78 is 2.33. The minimum Gasteiger partial charge on any atom is -0.310 e. The number of para-hydroxylation sites is 3. The van der Waals surface area contributed by atoms with Crippen LogP contribution in [0, 0.1) is 0 Å². The van der Waals surface area contributed by atoms with Gasteiger partial charge in [-0.25, -0.2) is 0 Å². The molecule has 0 bridgehead atoms. The summed E-state index contributed by atoms with van der Waals surface area (Å²) in [5, 5.41) is 2.43. The third-order valence-corrected chi connectivity index (χ3v) is 7.91. The van der Waals surface area contributed by atoms with E-state index in [4.69, 9.17) is 0 Å². The number of anilines is 3. The smallest absolute Gasteiger partial charge is 0.194 e. The fraction of sp³-hybridized carbons (Fsp3) is 0. The molecule has 0 amide bonds. The first kappa shape index (κ1) is 22.6. The predicted octanol–water partition coefficient (Wildman–Crippen LogP) is 9.46. The van der Waals surface area contributed by atoms with Crippen LogP contribution in [0.5, 0.6) is 0 Å². The first-order valence-electron chi connectivity index (χ1n) is 13.5. The lowest BCUT2D eigenvalue weighted by Crippen LogP contribution is -2.11. The minimum atomic E-state index is 0.0834. The zero-order valence-corrected chi connectivity index (χ0v) is 21.7. The summed E-state index contributed by atoms with van der Waals surface area (Å²) >= 11 is 0. The predicted molar refractivity (Wildman–Crippen MR) is 164 cm³/mol. The van der Waals surface area contributed by atoms with Crippen LogP contribution in [0.15, 0.2) is 146 Å². The van der Waals surface area contributed by atoms with Gasteiger partial charge in [-0.15, -0.1) is 0 Å². The van der Waals surface area contributed by atoms with Crippen molar-refractivity contribution in [2.24, 2.45) is 0 Å². The van der Waals surface area contributed by atoms with Crippen LogP contribution in [-0.2, 0) is 0 Å². The monoisotopic (exact) mass is 512 g/mol. The summed E-state index contributed by atoms with van der Waals surface area (Å²) in [7, 11) is 0. The lowest BCUT2D eigenvalue weighted by Gasteiger charge is -2.26. The summed E-state index contributed by atoms with van der Waals surface area (Å²) in [5.74, 6) is 0.0834. The van der Waals surface area contributed by atoms with Crippen molar-refractivity contribution in [3.63, 3.8) is 0 Å². The third kappa shape index (κ3) is 3.35. The van der Waals surface area contributed by atoms with Gasteiger partial charge in [-0.1, -0.05) is 91.0 Å². The van der Waals surface area contributed by atoms with Gasteiger partial charge in [-0.3, -0.25) is 4.79 Å². The van der Waals surface area contributed by atoms with E-state index in [9.17, 15) is 4.79 Å². The lowest BCUT2D eigenvalue weighted by molar-refractivity contribution is 0.104. The number of ketones is 1. The number of carbonyl (C=O) groups is 1. The van der Waals surface area contributed by atoms with Crippen molar-refractivity contribution in [2.75, 3.05) is 4.90 Å². The molecular weight excluding hydrogens is 488 g/mol. The van der Waals surface area contributed by atoms with Crippen LogP contribution in [0.1, 0.15) is 15.9 Å². The van der Waals surface area contributed by atoms with E-state index in [1.165, 1.54) is 16.3 Å². The maximum absolute atomic E-state index is 13.4. The number of hydrogen-bond donors (Lipinski definition) is 0. The molecule has 3 heteroatoms. The van der Waals surface area contributed by atoms with E-state index < -0.39 is 0 Å². The Morgan fingerprint density at radius 2 is 1.02 bits per heavy atom. The van der Waals surface area contributed by atoms with Gasteiger partial charge >= 0.3 is 0 Å². The first-order valence-corrected chi connectivity index (χ1v) is 13.5. The Hall–Kier alpha value is -5.41. The fourth-order valence-corrected chi connectivity index (χ4v) is 6.13. The Morgan fingerprint density at radius 3 is 1.85 bits per heavy atom. The molecule has 0 radical (unpaired) electrons. The van der Waals surface area contributed by atoms with Crippen LogP contribution < -0.4 is 4.90 Å². The lowest BCUT2D eigenvalue weighted by atomic mass is 10.0. The Morgan fingerprint density at radius 1 is 0.425 bits per heavy atom. The topological polar surface area (TPSA) is 25.2 Å². The molecule has 0 aliphatic heterocycles. The third-order valence-electron chi connectivity index (χ3n) is 7.91. The van der Waals surface area contributed by atoms with Gasteiger partial charge < -0.3 is 9.47 Å². The number of hydrogen-bond acceptors (Lipinski definition) is 2. The van der Waals surface area contributed by atoms with Gasteiger partial charge in [0, 0.05) is 44.6 Å². The summed E-state index contributed by atoms with van der Waals surface area (Å²) in [6, 6.07) is 50.2. The highest BCUT2D eigenvalue weighted by atomic mass is 16.1. The molecule has 40 heavy (non-hydrogen) atoms. The van der Waals surface area contributed by atoms with E-state index in [0.717, 1.165) is 50.5 Å². The summed E-state index contributed by atoms with van der Waals surface area (Å²) in [4.78, 5) is 15.6. The van der Waals surface area contributed by atoms with E-state index in [-0.39, 0.29) is 5.78 Å². The second kappa shape index (κ2) is 8.82. The molecule has 0 saturated carbocycles. The minimum absolute atomic E-state index is 0.0834. The highest BCUT2D eigenvalue weighted by Crippen LogP contribution is 2.43. The Balaban J connectivity index is 1.36. The first-order chi connectivity index (χ1) is 19.8. The molecule has 1 aliphatic carbocycles. The number of nitrogens with zero attached hydrogens (tertiary/aromatic N) is 2. The second-order valence-corrected chi connectivity index (χ2v) is 10.2. The molecule has 1 aliphatic rings. The van der Waals surface area contributed by atoms with Gasteiger partial charge in [0.2, 0.25) is 0 Å². The molecule has 0 N–H and O–H groups in total. The van der Waals surface area contributed by atoms with Gasteiger partial charge in [0.25, 0.3) is 0 Å². The van der Waals surface area contributed by atoms with Crippen molar-refractivity contribution in [3.8, 4) is 16.8 Å². The Labute approximate surface area is 232 Å². The average molecular weight is 513 g/mol. The van der Waals surface area contributed by atoms with Crippen molar-refractivity contribution in [3.05, 3.63) is 157 Å². The number of fused-ring (bicyclic) bond motifs is 6. The Kier molecular flexibility index (Phi) is 4.98. The molecule has 0 saturated heterocycles. The molecule has 1 aromatic heterocycles. The molecule has 0 spiro atoms. The van der Waals surface area contributed by atoms with Gasteiger partial charge in [0.05, 0.1) is 11.0 Å². The molecule has 0 fully saturated rings. The van der Waals surface area contributed by atoms with Gasteiger partial charge in [0.1, 0.15) is 0 Å². The van der Waals surface area contributed by atoms with Crippen molar-refractivity contribution < 1.29 is 4.79 Å². The Bertz CT molecular complexity index is 2070. The van der Waals surface area contributed by atoms with E-state index >= 15 is 0 Å². The maximum atomic E-state index is 13.4.